The van der Waals surface area contributed by atoms with Gasteiger partial charge < -0.3 is 0 Å². The highest BCUT2D eigenvalue weighted by Crippen LogP contribution is 2.31. The smallest absolute Gasteiger partial charge is 0.139 e. The minimum Gasteiger partial charge on any atom is -0.253 e. The Hall–Kier alpha value is -0.670. The van der Waals surface area contributed by atoms with Gasteiger partial charge in [-0.3, -0.25) is 4.98 Å². The zero-order valence-corrected chi connectivity index (χ0v) is 11.3. The molecule has 0 atom stereocenters. The summed E-state index contributed by atoms with van der Waals surface area (Å²) in [6.07, 6.45) is 0.822. The van der Waals surface area contributed by atoms with Crippen molar-refractivity contribution in [1.29, 1.82) is 0 Å². The van der Waals surface area contributed by atoms with E-state index < -0.39 is 0 Å². The first kappa shape index (κ1) is 11.8. The Labute approximate surface area is 107 Å². The van der Waals surface area contributed by atoms with Gasteiger partial charge in [0.05, 0.1) is 15.0 Å². The lowest BCUT2D eigenvalue weighted by atomic mass is 10.1. The Morgan fingerprint density at radius 2 is 2.12 bits per heavy atom. The van der Waals surface area contributed by atoms with E-state index in [-0.39, 0.29) is 5.82 Å². The number of nitrogens with zero attached hydrogens (tertiary/aromatic N) is 1. The molecular weight excluding hydrogens is 292 g/mol. The Morgan fingerprint density at radius 1 is 1.44 bits per heavy atom. The Bertz CT molecular complexity index is 569. The summed E-state index contributed by atoms with van der Waals surface area (Å²) >= 11 is 9.44. The molecule has 0 bridgehead atoms. The molecule has 16 heavy (non-hydrogen) atoms. The minimum atomic E-state index is -0.320. The van der Waals surface area contributed by atoms with E-state index >= 15 is 0 Å². The number of halogens is 3. The normalized spacial score (nSPS) is 11.1. The number of rotatable bonds is 1. The summed E-state index contributed by atoms with van der Waals surface area (Å²) in [4.78, 5) is 4.36. The number of aromatic nitrogens is 1. The van der Waals surface area contributed by atoms with E-state index in [9.17, 15) is 4.39 Å². The summed E-state index contributed by atoms with van der Waals surface area (Å²) < 4.78 is 13.8. The average molecular weight is 303 g/mol. The molecule has 84 valence electrons. The molecule has 1 heterocycles. The van der Waals surface area contributed by atoms with Gasteiger partial charge in [0.1, 0.15) is 5.82 Å². The molecule has 4 heteroatoms. The van der Waals surface area contributed by atoms with Crippen LogP contribution in [0.2, 0.25) is 5.02 Å². The van der Waals surface area contributed by atoms with Crippen LogP contribution in [0.3, 0.4) is 0 Å². The highest BCUT2D eigenvalue weighted by atomic mass is 79.9. The predicted molar refractivity (Wildman–Crippen MR) is 68.5 cm³/mol. The lowest BCUT2D eigenvalue weighted by Gasteiger charge is -2.09. The van der Waals surface area contributed by atoms with Gasteiger partial charge in [-0.05, 0) is 40.9 Å². The number of fused-ring (bicyclic) bond motifs is 1. The van der Waals surface area contributed by atoms with Crippen LogP contribution in [0.5, 0.6) is 0 Å². The van der Waals surface area contributed by atoms with E-state index in [2.05, 4.69) is 20.9 Å². The molecule has 0 unspecified atom stereocenters. The summed E-state index contributed by atoms with van der Waals surface area (Å²) in [7, 11) is 0. The third-order valence-electron chi connectivity index (χ3n) is 2.62. The molecule has 0 saturated heterocycles. The monoisotopic (exact) mass is 301 g/mol. The van der Waals surface area contributed by atoms with Gasteiger partial charge in [-0.1, -0.05) is 18.5 Å². The highest BCUT2D eigenvalue weighted by molar-refractivity contribution is 9.10. The average Bonchev–Trinajstić information content (AvgIpc) is 2.22. The molecular formula is C12H10BrClFN. The van der Waals surface area contributed by atoms with Gasteiger partial charge in [-0.25, -0.2) is 4.39 Å². The topological polar surface area (TPSA) is 12.9 Å². The van der Waals surface area contributed by atoms with Crippen molar-refractivity contribution in [3.63, 3.8) is 0 Å². The highest BCUT2D eigenvalue weighted by Gasteiger charge is 2.11. The summed E-state index contributed by atoms with van der Waals surface area (Å²) in [5.74, 6) is -0.320. The van der Waals surface area contributed by atoms with Gasteiger partial charge >= 0.3 is 0 Å². The Morgan fingerprint density at radius 3 is 2.75 bits per heavy atom. The fourth-order valence-electron chi connectivity index (χ4n) is 1.79. The molecule has 0 aliphatic heterocycles. The number of hydrogen-bond acceptors (Lipinski definition) is 1. The van der Waals surface area contributed by atoms with Crippen molar-refractivity contribution in [2.24, 2.45) is 0 Å². The molecule has 0 fully saturated rings. The molecule has 0 N–H and O–H groups in total. The van der Waals surface area contributed by atoms with Crippen molar-refractivity contribution in [2.45, 2.75) is 20.3 Å². The van der Waals surface area contributed by atoms with Crippen LogP contribution in [0.15, 0.2) is 16.6 Å². The number of benzene rings is 1. The fourth-order valence-corrected chi connectivity index (χ4v) is 2.55. The van der Waals surface area contributed by atoms with Gasteiger partial charge in [0.15, 0.2) is 0 Å². The van der Waals surface area contributed by atoms with E-state index in [0.29, 0.717) is 15.0 Å². The van der Waals surface area contributed by atoms with E-state index in [4.69, 9.17) is 11.6 Å². The number of pyridine rings is 1. The molecule has 0 amide bonds. The second-order valence-electron chi connectivity index (χ2n) is 3.63. The van der Waals surface area contributed by atoms with Crippen LogP contribution in [0.25, 0.3) is 10.9 Å². The first-order valence-electron chi connectivity index (χ1n) is 4.98. The second-order valence-corrected chi connectivity index (χ2v) is 4.86. The molecule has 0 aliphatic rings. The van der Waals surface area contributed by atoms with Gasteiger partial charge in [0, 0.05) is 17.1 Å². The van der Waals surface area contributed by atoms with Crippen molar-refractivity contribution in [3.05, 3.63) is 38.7 Å². The molecule has 0 radical (unpaired) electrons. The Balaban J connectivity index is 2.88. The van der Waals surface area contributed by atoms with Gasteiger partial charge in [-0.15, -0.1) is 0 Å². The van der Waals surface area contributed by atoms with Crippen LogP contribution in [-0.2, 0) is 6.42 Å². The summed E-state index contributed by atoms with van der Waals surface area (Å²) in [6, 6.07) is 3.08. The molecule has 1 aromatic heterocycles. The first-order chi connectivity index (χ1) is 7.54. The standard InChI is InChI=1S/C12H10BrClFN/c1-3-7-6(2)16-11-5-10(15)9(13)4-8(11)12(7)14/h4-5H,3H2,1-2H3. The van der Waals surface area contributed by atoms with Gasteiger partial charge in [0.2, 0.25) is 0 Å². The van der Waals surface area contributed by atoms with Crippen LogP contribution in [-0.4, -0.2) is 4.98 Å². The van der Waals surface area contributed by atoms with Crippen LogP contribution in [0.4, 0.5) is 4.39 Å². The number of hydrogen-bond donors (Lipinski definition) is 0. The molecule has 0 spiro atoms. The molecule has 2 aromatic rings. The van der Waals surface area contributed by atoms with Crippen LogP contribution in [0, 0.1) is 12.7 Å². The quantitative estimate of drug-likeness (QED) is 0.746. The SMILES string of the molecule is CCc1c(C)nc2cc(F)c(Br)cc2c1Cl. The third-order valence-corrected chi connectivity index (χ3v) is 3.66. The van der Waals surface area contributed by atoms with Crippen molar-refractivity contribution in [3.8, 4) is 0 Å². The van der Waals surface area contributed by atoms with Crippen molar-refractivity contribution >= 4 is 38.4 Å². The van der Waals surface area contributed by atoms with Crippen LogP contribution in [0.1, 0.15) is 18.2 Å². The molecule has 1 nitrogen and oxygen atoms in total. The molecule has 0 saturated carbocycles. The summed E-state index contributed by atoms with van der Waals surface area (Å²) in [5.41, 5.74) is 2.48. The van der Waals surface area contributed by atoms with E-state index in [1.807, 2.05) is 13.8 Å². The molecule has 1 aromatic carbocycles. The maximum absolute atomic E-state index is 13.4. The van der Waals surface area contributed by atoms with E-state index in [1.165, 1.54) is 6.07 Å². The lowest BCUT2D eigenvalue weighted by Crippen LogP contribution is -1.95. The van der Waals surface area contributed by atoms with Crippen LogP contribution < -0.4 is 0 Å². The Kier molecular flexibility index (Phi) is 3.17. The maximum atomic E-state index is 13.4. The van der Waals surface area contributed by atoms with E-state index in [0.717, 1.165) is 23.1 Å². The number of aryl methyl sites for hydroxylation is 1. The van der Waals surface area contributed by atoms with Crippen LogP contribution >= 0.6 is 27.5 Å². The summed E-state index contributed by atoms with van der Waals surface area (Å²) in [6.45, 7) is 3.92. The van der Waals surface area contributed by atoms with Crippen molar-refractivity contribution in [1.82, 2.24) is 4.98 Å². The lowest BCUT2D eigenvalue weighted by molar-refractivity contribution is 0.622. The second kappa shape index (κ2) is 4.30. The fraction of sp³-hybridized carbons (Fsp3) is 0.250. The van der Waals surface area contributed by atoms with Gasteiger partial charge in [-0.2, -0.15) is 0 Å². The zero-order chi connectivity index (χ0) is 11.9. The first-order valence-corrected chi connectivity index (χ1v) is 6.15. The van der Waals surface area contributed by atoms with E-state index in [1.54, 1.807) is 6.07 Å². The molecule has 0 aliphatic carbocycles. The zero-order valence-electron chi connectivity index (χ0n) is 8.94. The van der Waals surface area contributed by atoms with Crippen molar-refractivity contribution in [2.75, 3.05) is 0 Å². The predicted octanol–water partition coefficient (Wildman–Crippen LogP) is 4.66. The summed E-state index contributed by atoms with van der Waals surface area (Å²) in [5, 5.41) is 1.46. The maximum Gasteiger partial charge on any atom is 0.139 e. The largest absolute Gasteiger partial charge is 0.253 e. The van der Waals surface area contributed by atoms with Gasteiger partial charge in [0.25, 0.3) is 0 Å². The minimum absolute atomic E-state index is 0.320. The third kappa shape index (κ3) is 1.82. The van der Waals surface area contributed by atoms with Crippen molar-refractivity contribution < 1.29 is 4.39 Å². The molecule has 2 rings (SSSR count).